The molecule has 4 rings (SSSR count). The summed E-state index contributed by atoms with van der Waals surface area (Å²) in [5.41, 5.74) is 2.12. The highest BCUT2D eigenvalue weighted by atomic mass is 19.1. The van der Waals surface area contributed by atoms with Crippen LogP contribution in [0.15, 0.2) is 72.8 Å². The fraction of sp³-hybridized carbons (Fsp3) is 0.0833. The van der Waals surface area contributed by atoms with Crippen molar-refractivity contribution in [3.05, 3.63) is 95.3 Å². The normalized spacial score (nSPS) is 12.0. The van der Waals surface area contributed by atoms with Gasteiger partial charge in [-0.05, 0) is 53.6 Å². The lowest BCUT2D eigenvalue weighted by molar-refractivity contribution is -0.111. The summed E-state index contributed by atoms with van der Waals surface area (Å²) >= 11 is 0. The second-order valence-corrected chi connectivity index (χ2v) is 6.79. The van der Waals surface area contributed by atoms with E-state index in [1.54, 1.807) is 42.5 Å². The summed E-state index contributed by atoms with van der Waals surface area (Å²) in [6, 6.07) is 18.1. The van der Waals surface area contributed by atoms with E-state index in [2.05, 4.69) is 10.6 Å². The summed E-state index contributed by atoms with van der Waals surface area (Å²) in [6.45, 7) is 0.475. The van der Waals surface area contributed by atoms with Crippen molar-refractivity contribution < 1.29 is 23.5 Å². The number of rotatable bonds is 6. The molecule has 3 aromatic carbocycles. The molecule has 0 spiro atoms. The van der Waals surface area contributed by atoms with Gasteiger partial charge in [0.05, 0.1) is 11.3 Å². The molecule has 0 aliphatic carbocycles. The van der Waals surface area contributed by atoms with Crippen molar-refractivity contribution in [1.82, 2.24) is 5.32 Å². The zero-order valence-corrected chi connectivity index (χ0v) is 16.4. The topological polar surface area (TPSA) is 76.7 Å². The standard InChI is InChI=1S/C24H19FN2O4/c25-18-5-3-4-16(12-18)9-11-23(28)27-20-7-2-1-6-19(20)24(29)26-14-17-8-10-21-22(13-17)31-15-30-21/h1-13H,14-15H2,(H,26,29)(H,27,28)/b11-9+. The van der Waals surface area contributed by atoms with E-state index in [1.165, 1.54) is 24.3 Å². The van der Waals surface area contributed by atoms with E-state index in [-0.39, 0.29) is 25.1 Å². The van der Waals surface area contributed by atoms with Gasteiger partial charge in [-0.1, -0.05) is 30.3 Å². The van der Waals surface area contributed by atoms with E-state index in [1.807, 2.05) is 12.1 Å². The van der Waals surface area contributed by atoms with Crippen LogP contribution in [0, 0.1) is 5.82 Å². The first-order valence-electron chi connectivity index (χ1n) is 9.59. The van der Waals surface area contributed by atoms with Crippen molar-refractivity contribution in [2.45, 2.75) is 6.54 Å². The number of carbonyl (C=O) groups excluding carboxylic acids is 2. The lowest BCUT2D eigenvalue weighted by atomic mass is 10.1. The maximum atomic E-state index is 13.2. The van der Waals surface area contributed by atoms with Crippen LogP contribution in [-0.4, -0.2) is 18.6 Å². The number of carbonyl (C=O) groups is 2. The van der Waals surface area contributed by atoms with Crippen LogP contribution in [-0.2, 0) is 11.3 Å². The van der Waals surface area contributed by atoms with Crippen molar-refractivity contribution in [3.63, 3.8) is 0 Å². The summed E-state index contributed by atoms with van der Waals surface area (Å²) in [6.07, 6.45) is 2.79. The lowest BCUT2D eigenvalue weighted by Gasteiger charge is -2.11. The van der Waals surface area contributed by atoms with Gasteiger partial charge in [-0.25, -0.2) is 4.39 Å². The quantitative estimate of drug-likeness (QED) is 0.590. The molecule has 3 aromatic rings. The van der Waals surface area contributed by atoms with Crippen molar-refractivity contribution in [2.24, 2.45) is 0 Å². The molecule has 0 saturated heterocycles. The highest BCUT2D eigenvalue weighted by Gasteiger charge is 2.15. The van der Waals surface area contributed by atoms with Gasteiger partial charge in [0.15, 0.2) is 11.5 Å². The maximum Gasteiger partial charge on any atom is 0.253 e. The summed E-state index contributed by atoms with van der Waals surface area (Å²) in [4.78, 5) is 25.0. The van der Waals surface area contributed by atoms with E-state index in [4.69, 9.17) is 9.47 Å². The molecule has 0 unspecified atom stereocenters. The Morgan fingerprint density at radius 1 is 0.968 bits per heavy atom. The van der Waals surface area contributed by atoms with E-state index < -0.39 is 5.91 Å². The van der Waals surface area contributed by atoms with Crippen LogP contribution in [0.3, 0.4) is 0 Å². The van der Waals surface area contributed by atoms with E-state index in [0.29, 0.717) is 28.3 Å². The van der Waals surface area contributed by atoms with Gasteiger partial charge in [-0.15, -0.1) is 0 Å². The lowest BCUT2D eigenvalue weighted by Crippen LogP contribution is -2.24. The molecule has 31 heavy (non-hydrogen) atoms. The second kappa shape index (κ2) is 9.13. The molecule has 1 aliphatic heterocycles. The molecule has 156 valence electrons. The smallest absolute Gasteiger partial charge is 0.253 e. The molecular weight excluding hydrogens is 399 g/mol. The van der Waals surface area contributed by atoms with Crippen LogP contribution in [0.4, 0.5) is 10.1 Å². The summed E-state index contributed by atoms with van der Waals surface area (Å²) in [5, 5.41) is 5.53. The van der Waals surface area contributed by atoms with Crippen LogP contribution in [0.2, 0.25) is 0 Å². The van der Waals surface area contributed by atoms with E-state index in [9.17, 15) is 14.0 Å². The van der Waals surface area contributed by atoms with Crippen LogP contribution >= 0.6 is 0 Å². The molecule has 2 N–H and O–H groups in total. The molecule has 0 bridgehead atoms. The molecule has 0 aromatic heterocycles. The maximum absolute atomic E-state index is 13.2. The number of halogens is 1. The van der Waals surface area contributed by atoms with Gasteiger partial charge >= 0.3 is 0 Å². The monoisotopic (exact) mass is 418 g/mol. The van der Waals surface area contributed by atoms with Gasteiger partial charge < -0.3 is 20.1 Å². The second-order valence-electron chi connectivity index (χ2n) is 6.79. The average molecular weight is 418 g/mol. The Morgan fingerprint density at radius 2 is 1.81 bits per heavy atom. The molecule has 2 amide bonds. The fourth-order valence-corrected chi connectivity index (χ4v) is 3.08. The number of anilines is 1. The molecule has 0 saturated carbocycles. The van der Waals surface area contributed by atoms with Gasteiger partial charge in [0.2, 0.25) is 12.7 Å². The Kier molecular flexibility index (Phi) is 5.93. The number of hydrogen-bond donors (Lipinski definition) is 2. The van der Waals surface area contributed by atoms with Crippen LogP contribution in [0.25, 0.3) is 6.08 Å². The third-order valence-electron chi connectivity index (χ3n) is 4.60. The van der Waals surface area contributed by atoms with Crippen molar-refractivity contribution in [2.75, 3.05) is 12.1 Å². The third-order valence-corrected chi connectivity index (χ3v) is 4.60. The van der Waals surface area contributed by atoms with Gasteiger partial charge in [-0.2, -0.15) is 0 Å². The van der Waals surface area contributed by atoms with Crippen LogP contribution in [0.5, 0.6) is 11.5 Å². The van der Waals surface area contributed by atoms with Gasteiger partial charge in [-0.3, -0.25) is 9.59 Å². The Morgan fingerprint density at radius 3 is 2.68 bits per heavy atom. The SMILES string of the molecule is O=C(/C=C/c1cccc(F)c1)Nc1ccccc1C(=O)NCc1ccc2c(c1)OCO2. The van der Waals surface area contributed by atoms with Gasteiger partial charge in [0, 0.05) is 12.6 Å². The minimum atomic E-state index is -0.430. The predicted octanol–water partition coefficient (Wildman–Crippen LogP) is 4.14. The number of hydrogen-bond acceptors (Lipinski definition) is 4. The highest BCUT2D eigenvalue weighted by molar-refractivity contribution is 6.07. The number of nitrogens with one attached hydrogen (secondary N) is 2. The number of ether oxygens (including phenoxy) is 2. The van der Waals surface area contributed by atoms with Gasteiger partial charge in [0.25, 0.3) is 5.91 Å². The van der Waals surface area contributed by atoms with E-state index >= 15 is 0 Å². The van der Waals surface area contributed by atoms with Gasteiger partial charge in [0.1, 0.15) is 5.82 Å². The average Bonchev–Trinajstić information content (AvgIpc) is 3.24. The van der Waals surface area contributed by atoms with Crippen LogP contribution in [0.1, 0.15) is 21.5 Å². The molecule has 1 aliphatic rings. The minimum absolute atomic E-state index is 0.186. The Bertz CT molecular complexity index is 1160. The number of amides is 2. The molecular formula is C24H19FN2O4. The number of para-hydroxylation sites is 1. The minimum Gasteiger partial charge on any atom is -0.454 e. The molecule has 7 heteroatoms. The Balaban J connectivity index is 1.40. The van der Waals surface area contributed by atoms with E-state index in [0.717, 1.165) is 5.56 Å². The van der Waals surface area contributed by atoms with Crippen molar-refractivity contribution >= 4 is 23.6 Å². The third kappa shape index (κ3) is 5.08. The zero-order valence-electron chi connectivity index (χ0n) is 16.4. The molecule has 6 nitrogen and oxygen atoms in total. The number of fused-ring (bicyclic) bond motifs is 1. The Hall–Kier alpha value is -4.13. The molecule has 0 atom stereocenters. The largest absolute Gasteiger partial charge is 0.454 e. The summed E-state index contributed by atoms with van der Waals surface area (Å²) in [7, 11) is 0. The molecule has 0 radical (unpaired) electrons. The number of benzene rings is 3. The first-order chi connectivity index (χ1) is 15.1. The highest BCUT2D eigenvalue weighted by Crippen LogP contribution is 2.32. The zero-order chi connectivity index (χ0) is 21.6. The van der Waals surface area contributed by atoms with Crippen molar-refractivity contribution in [1.29, 1.82) is 0 Å². The first-order valence-corrected chi connectivity index (χ1v) is 9.59. The molecule has 1 heterocycles. The summed E-state index contributed by atoms with van der Waals surface area (Å²) < 4.78 is 23.9. The predicted molar refractivity (Wildman–Crippen MR) is 114 cm³/mol. The molecule has 0 fully saturated rings. The fourth-order valence-electron chi connectivity index (χ4n) is 3.08. The Labute approximate surface area is 178 Å². The first kappa shape index (κ1) is 20.2. The summed E-state index contributed by atoms with van der Waals surface area (Å²) in [5.74, 6) is 0.175. The van der Waals surface area contributed by atoms with Crippen LogP contribution < -0.4 is 20.1 Å². The van der Waals surface area contributed by atoms with Crippen molar-refractivity contribution in [3.8, 4) is 11.5 Å².